The summed E-state index contributed by atoms with van der Waals surface area (Å²) in [5, 5.41) is 0. The Balaban J connectivity index is 1.72. The van der Waals surface area contributed by atoms with Crippen LogP contribution >= 0.6 is 0 Å². The molecule has 1 aromatic carbocycles. The predicted molar refractivity (Wildman–Crippen MR) is 74.5 cm³/mol. The van der Waals surface area contributed by atoms with Gasteiger partial charge in [0.05, 0.1) is 26.2 Å². The van der Waals surface area contributed by atoms with Gasteiger partial charge in [0.25, 0.3) is 0 Å². The van der Waals surface area contributed by atoms with Gasteiger partial charge in [0.2, 0.25) is 5.91 Å². The second-order valence-electron chi connectivity index (χ2n) is 5.25. The maximum atomic E-state index is 11.8. The number of nitrogens with zero attached hydrogens (tertiary/aromatic N) is 2. The molecule has 5 heteroatoms. The molecule has 2 saturated heterocycles. The normalized spacial score (nSPS) is 20.7. The zero-order valence-corrected chi connectivity index (χ0v) is 11.4. The van der Waals surface area contributed by atoms with Crippen LogP contribution in [0.2, 0.25) is 0 Å². The first-order valence-corrected chi connectivity index (χ1v) is 6.93. The number of carbonyl (C=O) groups excluding carboxylic acids is 2. The van der Waals surface area contributed by atoms with Gasteiger partial charge in [-0.05, 0) is 17.7 Å². The standard InChI is InChI=1S/C15H18N2O3/c18-14-9-15(19)17(11-14)13-3-1-2-12(8-13)10-16-4-6-20-7-5-16/h1-3,8H,4-7,9-11H2. The molecule has 0 bridgehead atoms. The molecule has 0 spiro atoms. The number of hydrogen-bond donors (Lipinski definition) is 0. The molecule has 1 amide bonds. The molecular formula is C15H18N2O3. The molecule has 2 heterocycles. The number of morpholine rings is 1. The summed E-state index contributed by atoms with van der Waals surface area (Å²) < 4.78 is 5.34. The van der Waals surface area contributed by atoms with Gasteiger partial charge in [-0.3, -0.25) is 14.5 Å². The molecule has 2 fully saturated rings. The topological polar surface area (TPSA) is 49.9 Å². The summed E-state index contributed by atoms with van der Waals surface area (Å²) in [6.07, 6.45) is 0.0354. The summed E-state index contributed by atoms with van der Waals surface area (Å²) in [6.45, 7) is 4.49. The Morgan fingerprint density at radius 1 is 1.15 bits per heavy atom. The minimum Gasteiger partial charge on any atom is -0.379 e. The van der Waals surface area contributed by atoms with Gasteiger partial charge in [0, 0.05) is 25.3 Å². The zero-order valence-electron chi connectivity index (χ0n) is 11.4. The van der Waals surface area contributed by atoms with Crippen molar-refractivity contribution in [2.24, 2.45) is 0 Å². The first-order chi connectivity index (χ1) is 9.72. The highest BCUT2D eigenvalue weighted by Crippen LogP contribution is 2.21. The number of carbonyl (C=O) groups is 2. The molecule has 0 atom stereocenters. The maximum Gasteiger partial charge on any atom is 0.234 e. The van der Waals surface area contributed by atoms with E-state index in [2.05, 4.69) is 11.0 Å². The molecule has 5 nitrogen and oxygen atoms in total. The molecule has 0 aliphatic carbocycles. The van der Waals surface area contributed by atoms with Crippen LogP contribution in [0, 0.1) is 0 Å². The number of ether oxygens (including phenoxy) is 1. The molecule has 1 aromatic rings. The summed E-state index contributed by atoms with van der Waals surface area (Å²) in [5.74, 6) is -0.105. The number of benzene rings is 1. The smallest absolute Gasteiger partial charge is 0.234 e. The summed E-state index contributed by atoms with van der Waals surface area (Å²) in [7, 11) is 0. The predicted octanol–water partition coefficient (Wildman–Crippen LogP) is 0.825. The van der Waals surface area contributed by atoms with Crippen molar-refractivity contribution in [1.82, 2.24) is 4.90 Å². The fourth-order valence-corrected chi connectivity index (χ4v) is 2.66. The van der Waals surface area contributed by atoms with Crippen molar-refractivity contribution in [2.75, 3.05) is 37.7 Å². The van der Waals surface area contributed by atoms with E-state index in [0.717, 1.165) is 44.1 Å². The Morgan fingerprint density at radius 2 is 1.95 bits per heavy atom. The van der Waals surface area contributed by atoms with E-state index in [-0.39, 0.29) is 24.7 Å². The minimum absolute atomic E-state index is 0.00594. The van der Waals surface area contributed by atoms with E-state index in [4.69, 9.17) is 4.74 Å². The largest absolute Gasteiger partial charge is 0.379 e. The molecule has 0 saturated carbocycles. The monoisotopic (exact) mass is 274 g/mol. The van der Waals surface area contributed by atoms with Crippen LogP contribution in [0.1, 0.15) is 12.0 Å². The molecule has 2 aliphatic rings. The van der Waals surface area contributed by atoms with E-state index in [1.807, 2.05) is 18.2 Å². The molecule has 0 radical (unpaired) electrons. The summed E-state index contributed by atoms with van der Waals surface area (Å²) in [6, 6.07) is 7.90. The molecular weight excluding hydrogens is 256 g/mol. The van der Waals surface area contributed by atoms with Crippen molar-refractivity contribution in [3.8, 4) is 0 Å². The van der Waals surface area contributed by atoms with Crippen molar-refractivity contribution in [3.63, 3.8) is 0 Å². The van der Waals surface area contributed by atoms with Gasteiger partial charge < -0.3 is 9.64 Å². The second kappa shape index (κ2) is 5.73. The van der Waals surface area contributed by atoms with E-state index >= 15 is 0 Å². The maximum absolute atomic E-state index is 11.8. The third kappa shape index (κ3) is 2.89. The molecule has 0 unspecified atom stereocenters. The summed E-state index contributed by atoms with van der Waals surface area (Å²) in [4.78, 5) is 27.0. The first kappa shape index (κ1) is 13.3. The van der Waals surface area contributed by atoms with Gasteiger partial charge in [0.1, 0.15) is 0 Å². The van der Waals surface area contributed by atoms with Crippen molar-refractivity contribution in [3.05, 3.63) is 29.8 Å². The van der Waals surface area contributed by atoms with E-state index in [1.165, 1.54) is 0 Å². The van der Waals surface area contributed by atoms with Crippen LogP contribution in [-0.4, -0.2) is 49.4 Å². The average molecular weight is 274 g/mol. The Kier molecular flexibility index (Phi) is 3.80. The third-order valence-corrected chi connectivity index (χ3v) is 3.72. The molecule has 3 rings (SSSR count). The lowest BCUT2D eigenvalue weighted by molar-refractivity contribution is -0.121. The highest BCUT2D eigenvalue weighted by Gasteiger charge is 2.28. The van der Waals surface area contributed by atoms with Crippen molar-refractivity contribution < 1.29 is 14.3 Å². The Morgan fingerprint density at radius 3 is 2.65 bits per heavy atom. The van der Waals surface area contributed by atoms with Gasteiger partial charge in [-0.2, -0.15) is 0 Å². The number of Topliss-reactive ketones (excluding diaryl/α,β-unsaturated/α-hetero) is 1. The fraction of sp³-hybridized carbons (Fsp3) is 0.467. The summed E-state index contributed by atoms with van der Waals surface area (Å²) in [5.41, 5.74) is 1.99. The molecule has 20 heavy (non-hydrogen) atoms. The van der Waals surface area contributed by atoms with E-state index < -0.39 is 0 Å². The average Bonchev–Trinajstić information content (AvgIpc) is 2.79. The van der Waals surface area contributed by atoms with Crippen LogP contribution in [0.25, 0.3) is 0 Å². The van der Waals surface area contributed by atoms with Gasteiger partial charge in [0.15, 0.2) is 5.78 Å². The van der Waals surface area contributed by atoms with Gasteiger partial charge in [-0.15, -0.1) is 0 Å². The quantitative estimate of drug-likeness (QED) is 0.766. The first-order valence-electron chi connectivity index (χ1n) is 6.93. The van der Waals surface area contributed by atoms with Crippen LogP contribution in [0.4, 0.5) is 5.69 Å². The van der Waals surface area contributed by atoms with Crippen molar-refractivity contribution in [2.45, 2.75) is 13.0 Å². The Labute approximate surface area is 118 Å². The van der Waals surface area contributed by atoms with Crippen LogP contribution in [0.5, 0.6) is 0 Å². The molecule has 0 N–H and O–H groups in total. The third-order valence-electron chi connectivity index (χ3n) is 3.72. The van der Waals surface area contributed by atoms with Crippen LogP contribution in [0.3, 0.4) is 0 Å². The second-order valence-corrected chi connectivity index (χ2v) is 5.25. The number of amides is 1. The SMILES string of the molecule is O=C1CC(=O)N(c2cccc(CN3CCOCC3)c2)C1. The Hall–Kier alpha value is -1.72. The summed E-state index contributed by atoms with van der Waals surface area (Å²) >= 11 is 0. The fourth-order valence-electron chi connectivity index (χ4n) is 2.66. The number of rotatable bonds is 3. The highest BCUT2D eigenvalue weighted by atomic mass is 16.5. The zero-order chi connectivity index (χ0) is 13.9. The van der Waals surface area contributed by atoms with E-state index in [0.29, 0.717) is 0 Å². The van der Waals surface area contributed by atoms with Crippen LogP contribution in [0.15, 0.2) is 24.3 Å². The van der Waals surface area contributed by atoms with Crippen molar-refractivity contribution in [1.29, 1.82) is 0 Å². The lowest BCUT2D eigenvalue weighted by Crippen LogP contribution is -2.35. The molecule has 106 valence electrons. The molecule has 2 aliphatic heterocycles. The lowest BCUT2D eigenvalue weighted by atomic mass is 10.1. The number of hydrogen-bond acceptors (Lipinski definition) is 4. The van der Waals surface area contributed by atoms with Gasteiger partial charge in [-0.1, -0.05) is 12.1 Å². The number of ketones is 1. The van der Waals surface area contributed by atoms with Crippen LogP contribution in [-0.2, 0) is 20.9 Å². The minimum atomic E-state index is -0.0986. The van der Waals surface area contributed by atoms with Crippen LogP contribution < -0.4 is 4.90 Å². The van der Waals surface area contributed by atoms with E-state index in [1.54, 1.807) is 4.90 Å². The van der Waals surface area contributed by atoms with Crippen molar-refractivity contribution >= 4 is 17.4 Å². The lowest BCUT2D eigenvalue weighted by Gasteiger charge is -2.27. The Bertz CT molecular complexity index is 524. The molecule has 0 aromatic heterocycles. The van der Waals surface area contributed by atoms with Gasteiger partial charge in [-0.25, -0.2) is 0 Å². The van der Waals surface area contributed by atoms with E-state index in [9.17, 15) is 9.59 Å². The highest BCUT2D eigenvalue weighted by molar-refractivity contribution is 6.15. The van der Waals surface area contributed by atoms with Gasteiger partial charge >= 0.3 is 0 Å². The number of anilines is 1.